The van der Waals surface area contributed by atoms with Gasteiger partial charge < -0.3 is 4.74 Å². The van der Waals surface area contributed by atoms with Crippen LogP contribution in [0, 0.1) is 11.3 Å². The summed E-state index contributed by atoms with van der Waals surface area (Å²) in [7, 11) is 0. The van der Waals surface area contributed by atoms with E-state index < -0.39 is 6.09 Å². The second kappa shape index (κ2) is 4.48. The number of amides is 1. The van der Waals surface area contributed by atoms with Crippen molar-refractivity contribution in [3.05, 3.63) is 17.0 Å². The number of carbonyl (C=O) groups is 1. The second-order valence-electron chi connectivity index (χ2n) is 2.12. The SMILES string of the molecule is CCOC(=O)Nc1sccc1C#N. The lowest BCUT2D eigenvalue weighted by Crippen LogP contribution is -2.12. The van der Waals surface area contributed by atoms with E-state index in [0.717, 1.165) is 0 Å². The monoisotopic (exact) mass is 196 g/mol. The zero-order valence-corrected chi connectivity index (χ0v) is 7.85. The minimum atomic E-state index is -0.526. The fourth-order valence-corrected chi connectivity index (χ4v) is 1.48. The zero-order valence-electron chi connectivity index (χ0n) is 7.03. The summed E-state index contributed by atoms with van der Waals surface area (Å²) in [6.45, 7) is 2.04. The maximum absolute atomic E-state index is 10.9. The predicted molar refractivity (Wildman–Crippen MR) is 49.7 cm³/mol. The summed E-state index contributed by atoms with van der Waals surface area (Å²) in [5, 5.41) is 13.4. The molecule has 13 heavy (non-hydrogen) atoms. The topological polar surface area (TPSA) is 62.1 Å². The van der Waals surface area contributed by atoms with Crippen molar-refractivity contribution in [1.82, 2.24) is 0 Å². The Labute approximate surface area is 79.7 Å². The van der Waals surface area contributed by atoms with E-state index in [0.29, 0.717) is 17.2 Å². The number of ether oxygens (including phenoxy) is 1. The maximum Gasteiger partial charge on any atom is 0.412 e. The van der Waals surface area contributed by atoms with Gasteiger partial charge in [-0.25, -0.2) is 4.79 Å². The first kappa shape index (κ1) is 9.55. The van der Waals surface area contributed by atoms with E-state index in [2.05, 4.69) is 10.1 Å². The average molecular weight is 196 g/mol. The average Bonchev–Trinajstić information content (AvgIpc) is 2.52. The van der Waals surface area contributed by atoms with Gasteiger partial charge in [0.15, 0.2) is 0 Å². The summed E-state index contributed by atoms with van der Waals surface area (Å²) < 4.78 is 4.66. The first-order valence-corrected chi connectivity index (χ1v) is 4.57. The van der Waals surface area contributed by atoms with Gasteiger partial charge in [-0.05, 0) is 18.4 Å². The van der Waals surface area contributed by atoms with Crippen LogP contribution < -0.4 is 5.32 Å². The van der Waals surface area contributed by atoms with Crippen molar-refractivity contribution in [3.8, 4) is 6.07 Å². The Morgan fingerprint density at radius 2 is 2.62 bits per heavy atom. The Balaban J connectivity index is 2.64. The lowest BCUT2D eigenvalue weighted by molar-refractivity contribution is 0.168. The fourth-order valence-electron chi connectivity index (χ4n) is 0.754. The lowest BCUT2D eigenvalue weighted by atomic mass is 10.3. The molecular formula is C8H8N2O2S. The minimum Gasteiger partial charge on any atom is -0.450 e. The molecule has 0 aromatic carbocycles. The number of nitriles is 1. The van der Waals surface area contributed by atoms with Crippen LogP contribution in [0.2, 0.25) is 0 Å². The molecular weight excluding hydrogens is 188 g/mol. The van der Waals surface area contributed by atoms with E-state index in [4.69, 9.17) is 5.26 Å². The van der Waals surface area contributed by atoms with E-state index >= 15 is 0 Å². The molecule has 0 aliphatic carbocycles. The highest BCUT2D eigenvalue weighted by molar-refractivity contribution is 7.14. The van der Waals surface area contributed by atoms with Gasteiger partial charge in [-0.2, -0.15) is 5.26 Å². The van der Waals surface area contributed by atoms with Gasteiger partial charge in [-0.3, -0.25) is 5.32 Å². The number of rotatable bonds is 2. The van der Waals surface area contributed by atoms with Crippen LogP contribution in [0.25, 0.3) is 0 Å². The highest BCUT2D eigenvalue weighted by Gasteiger charge is 2.07. The largest absolute Gasteiger partial charge is 0.450 e. The van der Waals surface area contributed by atoms with Crippen LogP contribution in [0.1, 0.15) is 12.5 Å². The van der Waals surface area contributed by atoms with Crippen molar-refractivity contribution < 1.29 is 9.53 Å². The summed E-state index contributed by atoms with van der Waals surface area (Å²) in [4.78, 5) is 10.9. The molecule has 1 amide bonds. The molecule has 4 nitrogen and oxygen atoms in total. The molecule has 0 spiro atoms. The Morgan fingerprint density at radius 1 is 1.85 bits per heavy atom. The molecule has 0 saturated heterocycles. The third-order valence-corrected chi connectivity index (χ3v) is 2.11. The number of hydrogen-bond donors (Lipinski definition) is 1. The number of thiophene rings is 1. The van der Waals surface area contributed by atoms with Crippen LogP contribution >= 0.6 is 11.3 Å². The van der Waals surface area contributed by atoms with E-state index in [1.807, 2.05) is 6.07 Å². The summed E-state index contributed by atoms with van der Waals surface area (Å²) in [5.74, 6) is 0. The van der Waals surface area contributed by atoms with Crippen LogP contribution in [0.15, 0.2) is 11.4 Å². The molecule has 0 fully saturated rings. The molecule has 0 aliphatic rings. The molecule has 1 aromatic rings. The molecule has 0 bridgehead atoms. The standard InChI is InChI=1S/C8H8N2O2S/c1-2-12-8(11)10-7-6(5-9)3-4-13-7/h3-4H,2H2,1H3,(H,10,11). The van der Waals surface area contributed by atoms with Crippen molar-refractivity contribution >= 4 is 22.4 Å². The van der Waals surface area contributed by atoms with Crippen molar-refractivity contribution in [2.24, 2.45) is 0 Å². The predicted octanol–water partition coefficient (Wildman–Crippen LogP) is 2.19. The summed E-state index contributed by atoms with van der Waals surface area (Å²) in [5.41, 5.74) is 0.457. The minimum absolute atomic E-state index is 0.319. The van der Waals surface area contributed by atoms with Crippen LogP contribution in [-0.4, -0.2) is 12.7 Å². The molecule has 1 aromatic heterocycles. The smallest absolute Gasteiger partial charge is 0.412 e. The first-order valence-electron chi connectivity index (χ1n) is 3.69. The molecule has 1 heterocycles. The van der Waals surface area contributed by atoms with E-state index in [-0.39, 0.29) is 0 Å². The molecule has 5 heteroatoms. The Bertz CT molecular complexity index is 340. The third-order valence-electron chi connectivity index (χ3n) is 1.28. The van der Waals surface area contributed by atoms with Crippen LogP contribution in [0.3, 0.4) is 0 Å². The molecule has 0 atom stereocenters. The highest BCUT2D eigenvalue weighted by atomic mass is 32.1. The van der Waals surface area contributed by atoms with E-state index in [1.165, 1.54) is 11.3 Å². The fraction of sp³-hybridized carbons (Fsp3) is 0.250. The molecule has 0 unspecified atom stereocenters. The van der Waals surface area contributed by atoms with Gasteiger partial charge in [0.05, 0.1) is 12.2 Å². The van der Waals surface area contributed by atoms with Gasteiger partial charge in [0.25, 0.3) is 0 Å². The Morgan fingerprint density at radius 3 is 3.23 bits per heavy atom. The second-order valence-corrected chi connectivity index (χ2v) is 3.04. The number of anilines is 1. The number of nitrogens with one attached hydrogen (secondary N) is 1. The molecule has 68 valence electrons. The quantitative estimate of drug-likeness (QED) is 0.788. The highest BCUT2D eigenvalue weighted by Crippen LogP contribution is 2.21. The first-order chi connectivity index (χ1) is 6.27. The molecule has 0 aliphatic heterocycles. The van der Waals surface area contributed by atoms with Crippen molar-refractivity contribution in [2.45, 2.75) is 6.92 Å². The molecule has 1 rings (SSSR count). The third kappa shape index (κ3) is 2.46. The van der Waals surface area contributed by atoms with Gasteiger partial charge in [0.2, 0.25) is 0 Å². The lowest BCUT2D eigenvalue weighted by Gasteiger charge is -2.01. The molecule has 0 radical (unpaired) electrons. The molecule has 0 saturated carbocycles. The summed E-state index contributed by atoms with van der Waals surface area (Å²) in [6.07, 6.45) is -0.526. The van der Waals surface area contributed by atoms with Gasteiger partial charge in [-0.1, -0.05) is 0 Å². The van der Waals surface area contributed by atoms with Crippen LogP contribution in [0.5, 0.6) is 0 Å². The van der Waals surface area contributed by atoms with Crippen molar-refractivity contribution in [1.29, 1.82) is 5.26 Å². The number of hydrogen-bond acceptors (Lipinski definition) is 4. The normalized spacial score (nSPS) is 8.92. The van der Waals surface area contributed by atoms with Gasteiger partial charge in [0, 0.05) is 0 Å². The van der Waals surface area contributed by atoms with Gasteiger partial charge in [-0.15, -0.1) is 11.3 Å². The van der Waals surface area contributed by atoms with Crippen LogP contribution in [-0.2, 0) is 4.74 Å². The Hall–Kier alpha value is -1.54. The zero-order chi connectivity index (χ0) is 9.68. The van der Waals surface area contributed by atoms with E-state index in [1.54, 1.807) is 18.4 Å². The summed E-state index contributed by atoms with van der Waals surface area (Å²) >= 11 is 1.29. The van der Waals surface area contributed by atoms with Crippen molar-refractivity contribution in [2.75, 3.05) is 11.9 Å². The van der Waals surface area contributed by atoms with Crippen LogP contribution in [0.4, 0.5) is 9.80 Å². The summed E-state index contributed by atoms with van der Waals surface area (Å²) in [6, 6.07) is 3.61. The Kier molecular flexibility index (Phi) is 3.29. The number of nitrogens with zero attached hydrogens (tertiary/aromatic N) is 1. The maximum atomic E-state index is 10.9. The van der Waals surface area contributed by atoms with Gasteiger partial charge in [0.1, 0.15) is 11.1 Å². The van der Waals surface area contributed by atoms with E-state index in [9.17, 15) is 4.79 Å². The van der Waals surface area contributed by atoms with Crippen molar-refractivity contribution in [3.63, 3.8) is 0 Å². The number of carbonyl (C=O) groups excluding carboxylic acids is 1. The molecule has 1 N–H and O–H groups in total. The van der Waals surface area contributed by atoms with Gasteiger partial charge >= 0.3 is 6.09 Å².